The molecule has 0 fully saturated rings. The number of carbonyl (C=O) groups is 1. The van der Waals surface area contributed by atoms with Crippen LogP contribution in [0.5, 0.6) is 0 Å². The van der Waals surface area contributed by atoms with Gasteiger partial charge < -0.3 is 9.84 Å². The van der Waals surface area contributed by atoms with Gasteiger partial charge in [0.2, 0.25) is 0 Å². The molecule has 1 aromatic carbocycles. The van der Waals surface area contributed by atoms with Crippen LogP contribution in [0.2, 0.25) is 0 Å². The van der Waals surface area contributed by atoms with Crippen LogP contribution in [0.4, 0.5) is 0 Å². The van der Waals surface area contributed by atoms with E-state index in [2.05, 4.69) is 10.2 Å². The fourth-order valence-corrected chi connectivity index (χ4v) is 2.50. The lowest BCUT2D eigenvalue weighted by Gasteiger charge is -2.15. The second-order valence-corrected chi connectivity index (χ2v) is 5.63. The van der Waals surface area contributed by atoms with Gasteiger partial charge in [-0.25, -0.2) is 4.79 Å². The summed E-state index contributed by atoms with van der Waals surface area (Å²) in [5.41, 5.74) is 2.86. The van der Waals surface area contributed by atoms with Crippen molar-refractivity contribution < 1.29 is 14.6 Å². The van der Waals surface area contributed by atoms with Crippen molar-refractivity contribution in [1.82, 2.24) is 14.8 Å². The molecule has 2 rings (SSSR count). The summed E-state index contributed by atoms with van der Waals surface area (Å²) in [5.74, 6) is 0.549. The molecule has 0 radical (unpaired) electrons. The van der Waals surface area contributed by atoms with Crippen molar-refractivity contribution in [2.75, 3.05) is 7.11 Å². The Morgan fingerprint density at radius 3 is 2.55 bits per heavy atom. The summed E-state index contributed by atoms with van der Waals surface area (Å²) < 4.78 is 7.00. The van der Waals surface area contributed by atoms with Crippen molar-refractivity contribution >= 4 is 5.97 Å². The fourth-order valence-electron chi connectivity index (χ4n) is 2.50. The van der Waals surface area contributed by atoms with Crippen LogP contribution < -0.4 is 0 Å². The van der Waals surface area contributed by atoms with Crippen LogP contribution in [-0.2, 0) is 11.5 Å². The summed E-state index contributed by atoms with van der Waals surface area (Å²) in [5, 5.41) is 17.7. The first-order valence-electron chi connectivity index (χ1n) is 7.13. The molecular weight excluding hydrogens is 282 g/mol. The van der Waals surface area contributed by atoms with E-state index in [-0.39, 0.29) is 5.92 Å². The number of benzene rings is 1. The molecule has 0 atom stereocenters. The first-order chi connectivity index (χ1) is 10.4. The molecule has 22 heavy (non-hydrogen) atoms. The molecule has 0 aliphatic rings. The molecule has 1 N–H and O–H groups in total. The highest BCUT2D eigenvalue weighted by atomic mass is 16.5. The number of nitrogens with zero attached hydrogens (tertiary/aromatic N) is 3. The molecule has 0 aliphatic heterocycles. The van der Waals surface area contributed by atoms with E-state index in [4.69, 9.17) is 4.74 Å². The van der Waals surface area contributed by atoms with Crippen LogP contribution in [-0.4, -0.2) is 33.0 Å². The minimum atomic E-state index is -0.931. The molecule has 0 amide bonds. The van der Waals surface area contributed by atoms with Crippen LogP contribution in [0.1, 0.15) is 47.1 Å². The lowest BCUT2D eigenvalue weighted by molar-refractivity contribution is 0.0695. The van der Waals surface area contributed by atoms with E-state index in [1.165, 1.54) is 0 Å². The fraction of sp³-hybridized carbons (Fsp3) is 0.438. The quantitative estimate of drug-likeness (QED) is 0.918. The summed E-state index contributed by atoms with van der Waals surface area (Å²) >= 11 is 0. The minimum absolute atomic E-state index is 0.137. The van der Waals surface area contributed by atoms with Crippen molar-refractivity contribution in [3.05, 3.63) is 34.6 Å². The molecule has 0 aliphatic carbocycles. The van der Waals surface area contributed by atoms with Crippen molar-refractivity contribution in [2.24, 2.45) is 0 Å². The first kappa shape index (κ1) is 16.2. The van der Waals surface area contributed by atoms with Crippen LogP contribution in [0.15, 0.2) is 12.1 Å². The lowest BCUT2D eigenvalue weighted by atomic mass is 9.92. The number of methoxy groups -OCH3 is 1. The second-order valence-electron chi connectivity index (χ2n) is 5.63. The molecule has 0 bridgehead atoms. The Labute approximate surface area is 129 Å². The predicted molar refractivity (Wildman–Crippen MR) is 83.0 cm³/mol. The maximum Gasteiger partial charge on any atom is 0.335 e. The third kappa shape index (κ3) is 2.87. The first-order valence-corrected chi connectivity index (χ1v) is 7.13. The lowest BCUT2D eigenvalue weighted by Crippen LogP contribution is -2.08. The van der Waals surface area contributed by atoms with Gasteiger partial charge in [0.25, 0.3) is 0 Å². The van der Waals surface area contributed by atoms with Gasteiger partial charge in [0.1, 0.15) is 12.6 Å². The maximum atomic E-state index is 11.6. The Kier molecular flexibility index (Phi) is 4.61. The Morgan fingerprint density at radius 2 is 2.00 bits per heavy atom. The summed E-state index contributed by atoms with van der Waals surface area (Å²) in [6.45, 7) is 8.08. The highest BCUT2D eigenvalue weighted by Gasteiger charge is 2.19. The van der Waals surface area contributed by atoms with Gasteiger partial charge in [0.05, 0.1) is 5.56 Å². The normalized spacial score (nSPS) is 11.2. The standard InChI is InChI=1S/C16H21N3O3/c1-9(2)12-6-10(3)13(7-14(12)16(20)21)15-18-17-11(4)19(15)8-22-5/h6-7,9H,8H2,1-5H3,(H,20,21). The van der Waals surface area contributed by atoms with E-state index in [0.717, 1.165) is 22.5 Å². The van der Waals surface area contributed by atoms with Gasteiger partial charge >= 0.3 is 5.97 Å². The third-order valence-corrected chi connectivity index (χ3v) is 3.68. The summed E-state index contributed by atoms with van der Waals surface area (Å²) in [4.78, 5) is 11.6. The molecule has 0 unspecified atom stereocenters. The highest BCUT2D eigenvalue weighted by Crippen LogP contribution is 2.29. The number of carboxylic acid groups (broad SMARTS) is 1. The molecule has 1 heterocycles. The van der Waals surface area contributed by atoms with Crippen LogP contribution in [0, 0.1) is 13.8 Å². The van der Waals surface area contributed by atoms with Crippen molar-refractivity contribution in [2.45, 2.75) is 40.3 Å². The smallest absolute Gasteiger partial charge is 0.335 e. The van der Waals surface area contributed by atoms with E-state index < -0.39 is 5.97 Å². The Morgan fingerprint density at radius 1 is 1.32 bits per heavy atom. The van der Waals surface area contributed by atoms with Crippen LogP contribution in [0.25, 0.3) is 11.4 Å². The van der Waals surface area contributed by atoms with E-state index in [0.29, 0.717) is 18.1 Å². The predicted octanol–water partition coefficient (Wildman–Crippen LogP) is 2.99. The molecule has 2 aromatic rings. The molecule has 118 valence electrons. The Hall–Kier alpha value is -2.21. The molecular formula is C16H21N3O3. The minimum Gasteiger partial charge on any atom is -0.478 e. The molecule has 0 spiro atoms. The van der Waals surface area contributed by atoms with Gasteiger partial charge in [0.15, 0.2) is 5.82 Å². The zero-order valence-corrected chi connectivity index (χ0v) is 13.5. The number of hydrogen-bond donors (Lipinski definition) is 1. The number of aromatic nitrogens is 3. The number of aryl methyl sites for hydroxylation is 2. The number of ether oxygens (including phenoxy) is 1. The van der Waals surface area contributed by atoms with Crippen molar-refractivity contribution in [3.8, 4) is 11.4 Å². The molecule has 0 saturated carbocycles. The maximum absolute atomic E-state index is 11.6. The number of aromatic carboxylic acids is 1. The third-order valence-electron chi connectivity index (χ3n) is 3.68. The highest BCUT2D eigenvalue weighted by molar-refractivity contribution is 5.91. The van der Waals surface area contributed by atoms with Gasteiger partial charge in [-0.15, -0.1) is 10.2 Å². The molecule has 6 nitrogen and oxygen atoms in total. The Balaban J connectivity index is 2.66. The van der Waals surface area contributed by atoms with Gasteiger partial charge in [0, 0.05) is 12.7 Å². The van der Waals surface area contributed by atoms with Gasteiger partial charge in [-0.1, -0.05) is 19.9 Å². The molecule has 6 heteroatoms. The van der Waals surface area contributed by atoms with E-state index >= 15 is 0 Å². The number of carboxylic acids is 1. The van der Waals surface area contributed by atoms with Crippen molar-refractivity contribution in [1.29, 1.82) is 0 Å². The summed E-state index contributed by atoms with van der Waals surface area (Å²) in [6, 6.07) is 3.60. The van der Waals surface area contributed by atoms with E-state index in [9.17, 15) is 9.90 Å². The second kappa shape index (κ2) is 6.27. The Bertz CT molecular complexity index is 705. The largest absolute Gasteiger partial charge is 0.478 e. The summed E-state index contributed by atoms with van der Waals surface area (Å²) in [7, 11) is 1.60. The van der Waals surface area contributed by atoms with Gasteiger partial charge in [-0.3, -0.25) is 4.57 Å². The zero-order valence-electron chi connectivity index (χ0n) is 13.5. The average Bonchev–Trinajstić information content (AvgIpc) is 2.80. The zero-order chi connectivity index (χ0) is 16.4. The van der Waals surface area contributed by atoms with Gasteiger partial charge in [-0.05, 0) is 37.0 Å². The van der Waals surface area contributed by atoms with E-state index in [1.54, 1.807) is 13.2 Å². The number of rotatable bonds is 5. The van der Waals surface area contributed by atoms with Gasteiger partial charge in [-0.2, -0.15) is 0 Å². The molecule has 0 saturated heterocycles. The SMILES string of the molecule is COCn1c(C)nnc1-c1cc(C(=O)O)c(C(C)C)cc1C. The van der Waals surface area contributed by atoms with E-state index in [1.807, 2.05) is 38.3 Å². The van der Waals surface area contributed by atoms with Crippen LogP contribution >= 0.6 is 0 Å². The molecule has 1 aromatic heterocycles. The van der Waals surface area contributed by atoms with Crippen molar-refractivity contribution in [3.63, 3.8) is 0 Å². The topological polar surface area (TPSA) is 77.2 Å². The number of hydrogen-bond acceptors (Lipinski definition) is 4. The van der Waals surface area contributed by atoms with Crippen LogP contribution in [0.3, 0.4) is 0 Å². The monoisotopic (exact) mass is 303 g/mol. The summed E-state index contributed by atoms with van der Waals surface area (Å²) in [6.07, 6.45) is 0. The average molecular weight is 303 g/mol.